The zero-order chi connectivity index (χ0) is 13.3. The minimum absolute atomic E-state index is 0.422. The highest BCUT2D eigenvalue weighted by Gasteiger charge is 2.20. The topological polar surface area (TPSA) is 37.3 Å². The van der Waals surface area contributed by atoms with E-state index < -0.39 is 11.9 Å². The molecule has 0 aromatic heterocycles. The van der Waals surface area contributed by atoms with Crippen LogP contribution < -0.4 is 0 Å². The molecule has 94 valence electrons. The van der Waals surface area contributed by atoms with Crippen LogP contribution in [0.25, 0.3) is 10.8 Å². The molecule has 0 spiro atoms. The number of fused-ring (bicyclic) bond motifs is 1. The number of aliphatic carboxylic acids is 1. The molecule has 1 unspecified atom stereocenters. The molecule has 2 heteroatoms. The molecular formula is C16H18O2. The van der Waals surface area contributed by atoms with Gasteiger partial charge in [-0.25, -0.2) is 0 Å². The van der Waals surface area contributed by atoms with Crippen LogP contribution in [-0.2, 0) is 4.79 Å². The molecule has 2 rings (SSSR count). The first-order chi connectivity index (χ1) is 8.56. The highest BCUT2D eigenvalue weighted by Crippen LogP contribution is 2.32. The maximum Gasteiger partial charge on any atom is 0.310 e. The Bertz CT molecular complexity index is 599. The Morgan fingerprint density at radius 2 is 1.83 bits per heavy atom. The van der Waals surface area contributed by atoms with E-state index in [9.17, 15) is 9.90 Å². The second-order valence-electron chi connectivity index (χ2n) is 4.77. The van der Waals surface area contributed by atoms with Crippen LogP contribution in [-0.4, -0.2) is 11.1 Å². The molecule has 0 aliphatic rings. The smallest absolute Gasteiger partial charge is 0.310 e. The molecule has 0 saturated carbocycles. The third kappa shape index (κ3) is 1.99. The van der Waals surface area contributed by atoms with Gasteiger partial charge in [-0.1, -0.05) is 37.3 Å². The molecule has 0 fully saturated rings. The lowest BCUT2D eigenvalue weighted by Gasteiger charge is -2.16. The quantitative estimate of drug-likeness (QED) is 0.882. The number of benzene rings is 2. The van der Waals surface area contributed by atoms with Gasteiger partial charge < -0.3 is 5.11 Å². The number of carboxylic acid groups (broad SMARTS) is 1. The van der Waals surface area contributed by atoms with Crippen molar-refractivity contribution in [2.45, 2.75) is 33.1 Å². The molecule has 1 N–H and O–H groups in total. The molecule has 2 aromatic carbocycles. The van der Waals surface area contributed by atoms with Gasteiger partial charge in [-0.2, -0.15) is 0 Å². The van der Waals surface area contributed by atoms with E-state index in [1.807, 2.05) is 26.0 Å². The van der Waals surface area contributed by atoms with Crippen molar-refractivity contribution in [3.05, 3.63) is 47.0 Å². The van der Waals surface area contributed by atoms with Gasteiger partial charge in [0.25, 0.3) is 0 Å². The number of hydrogen-bond acceptors (Lipinski definition) is 1. The lowest BCUT2D eigenvalue weighted by Crippen LogP contribution is -2.11. The van der Waals surface area contributed by atoms with E-state index in [1.165, 1.54) is 5.56 Å². The summed E-state index contributed by atoms with van der Waals surface area (Å²) in [7, 11) is 0. The van der Waals surface area contributed by atoms with Gasteiger partial charge in [0.15, 0.2) is 0 Å². The zero-order valence-corrected chi connectivity index (χ0v) is 11.0. The van der Waals surface area contributed by atoms with Gasteiger partial charge in [0.1, 0.15) is 0 Å². The van der Waals surface area contributed by atoms with E-state index in [1.54, 1.807) is 0 Å². The van der Waals surface area contributed by atoms with Gasteiger partial charge in [-0.3, -0.25) is 4.79 Å². The van der Waals surface area contributed by atoms with Crippen molar-refractivity contribution in [1.29, 1.82) is 0 Å². The summed E-state index contributed by atoms with van der Waals surface area (Å²) in [6.07, 6.45) is 0.613. The van der Waals surface area contributed by atoms with Crippen LogP contribution >= 0.6 is 0 Å². The van der Waals surface area contributed by atoms with Crippen LogP contribution in [0.4, 0.5) is 0 Å². The Balaban J connectivity index is 2.79. The van der Waals surface area contributed by atoms with Crippen molar-refractivity contribution in [3.63, 3.8) is 0 Å². The van der Waals surface area contributed by atoms with E-state index in [4.69, 9.17) is 0 Å². The molecule has 0 bridgehead atoms. The fraction of sp³-hybridized carbons (Fsp3) is 0.312. The maximum absolute atomic E-state index is 11.4. The normalized spacial score (nSPS) is 12.6. The molecule has 18 heavy (non-hydrogen) atoms. The molecule has 0 radical (unpaired) electrons. The number of aryl methyl sites for hydroxylation is 2. The van der Waals surface area contributed by atoms with Gasteiger partial charge in [-0.15, -0.1) is 0 Å². The number of carboxylic acids is 1. The minimum atomic E-state index is -0.745. The molecule has 0 saturated heterocycles. The summed E-state index contributed by atoms with van der Waals surface area (Å²) in [6.45, 7) is 6.02. The summed E-state index contributed by atoms with van der Waals surface area (Å²) in [6, 6.07) is 10.1. The van der Waals surface area contributed by atoms with Crippen molar-refractivity contribution < 1.29 is 9.90 Å². The van der Waals surface area contributed by atoms with Crippen molar-refractivity contribution in [3.8, 4) is 0 Å². The van der Waals surface area contributed by atoms with Crippen LogP contribution in [0.15, 0.2) is 30.3 Å². The lowest BCUT2D eigenvalue weighted by molar-refractivity contribution is -0.138. The van der Waals surface area contributed by atoms with Crippen molar-refractivity contribution in [1.82, 2.24) is 0 Å². The summed E-state index contributed by atoms with van der Waals surface area (Å²) in [4.78, 5) is 11.4. The number of carbonyl (C=O) groups is 1. The standard InChI is InChI=1S/C16H18O2/c1-4-12(16(17)18)14-7-5-6-13-10(2)8-9-11(3)15(13)14/h5-9,12H,4H2,1-3H3,(H,17,18). The first kappa shape index (κ1) is 12.6. The van der Waals surface area contributed by atoms with E-state index in [2.05, 4.69) is 25.1 Å². The molecule has 0 amide bonds. The lowest BCUT2D eigenvalue weighted by atomic mass is 9.88. The predicted molar refractivity (Wildman–Crippen MR) is 74.1 cm³/mol. The van der Waals surface area contributed by atoms with Crippen LogP contribution in [0.5, 0.6) is 0 Å². The highest BCUT2D eigenvalue weighted by atomic mass is 16.4. The number of rotatable bonds is 3. The SMILES string of the molecule is CCC(C(=O)O)c1cccc2c(C)ccc(C)c12. The Hall–Kier alpha value is -1.83. The number of hydrogen-bond donors (Lipinski definition) is 1. The Morgan fingerprint density at radius 1 is 1.17 bits per heavy atom. The van der Waals surface area contributed by atoms with Crippen molar-refractivity contribution in [2.24, 2.45) is 0 Å². The minimum Gasteiger partial charge on any atom is -0.481 e. The molecule has 0 aliphatic heterocycles. The fourth-order valence-electron chi connectivity index (χ4n) is 2.58. The van der Waals surface area contributed by atoms with E-state index in [0.717, 1.165) is 21.9 Å². The third-order valence-electron chi connectivity index (χ3n) is 3.58. The van der Waals surface area contributed by atoms with Crippen molar-refractivity contribution in [2.75, 3.05) is 0 Å². The van der Waals surface area contributed by atoms with Crippen LogP contribution in [0, 0.1) is 13.8 Å². The third-order valence-corrected chi connectivity index (χ3v) is 3.58. The van der Waals surface area contributed by atoms with Crippen LogP contribution in [0.3, 0.4) is 0 Å². The second-order valence-corrected chi connectivity index (χ2v) is 4.77. The monoisotopic (exact) mass is 242 g/mol. The summed E-state index contributed by atoms with van der Waals surface area (Å²) in [5.74, 6) is -1.17. The molecule has 0 heterocycles. The molecular weight excluding hydrogens is 224 g/mol. The predicted octanol–water partition coefficient (Wildman–Crippen LogP) is 4.03. The molecule has 0 aliphatic carbocycles. The van der Waals surface area contributed by atoms with E-state index in [-0.39, 0.29) is 0 Å². The Morgan fingerprint density at radius 3 is 2.44 bits per heavy atom. The molecule has 2 aromatic rings. The van der Waals surface area contributed by atoms with Gasteiger partial charge in [0.05, 0.1) is 5.92 Å². The van der Waals surface area contributed by atoms with E-state index >= 15 is 0 Å². The van der Waals surface area contributed by atoms with E-state index in [0.29, 0.717) is 6.42 Å². The average Bonchev–Trinajstić information content (AvgIpc) is 2.34. The summed E-state index contributed by atoms with van der Waals surface area (Å²) in [5, 5.41) is 11.6. The average molecular weight is 242 g/mol. The highest BCUT2D eigenvalue weighted by molar-refractivity contribution is 5.94. The zero-order valence-electron chi connectivity index (χ0n) is 11.0. The Labute approximate surface area is 107 Å². The van der Waals surface area contributed by atoms with Crippen LogP contribution in [0.2, 0.25) is 0 Å². The summed E-state index contributed by atoms with van der Waals surface area (Å²) < 4.78 is 0. The molecule has 1 atom stereocenters. The largest absolute Gasteiger partial charge is 0.481 e. The van der Waals surface area contributed by atoms with Gasteiger partial charge >= 0.3 is 5.97 Å². The first-order valence-electron chi connectivity index (χ1n) is 6.28. The maximum atomic E-state index is 11.4. The van der Waals surface area contributed by atoms with Crippen LogP contribution in [0.1, 0.15) is 36.0 Å². The Kier molecular flexibility index (Phi) is 3.37. The first-order valence-corrected chi connectivity index (χ1v) is 6.28. The van der Waals surface area contributed by atoms with Gasteiger partial charge in [0, 0.05) is 0 Å². The molecule has 2 nitrogen and oxygen atoms in total. The second kappa shape index (κ2) is 4.81. The van der Waals surface area contributed by atoms with Gasteiger partial charge in [-0.05, 0) is 47.7 Å². The van der Waals surface area contributed by atoms with Crippen molar-refractivity contribution >= 4 is 16.7 Å². The van der Waals surface area contributed by atoms with Gasteiger partial charge in [0.2, 0.25) is 0 Å². The summed E-state index contributed by atoms with van der Waals surface area (Å²) >= 11 is 0. The summed E-state index contributed by atoms with van der Waals surface area (Å²) in [5.41, 5.74) is 3.27. The fourth-order valence-corrected chi connectivity index (χ4v) is 2.58.